The average molecular weight is 386 g/mol. The van der Waals surface area contributed by atoms with Gasteiger partial charge in [0.2, 0.25) is 5.91 Å². The lowest BCUT2D eigenvalue weighted by Crippen LogP contribution is -2.20. The molecule has 2 rings (SSSR count). The molecule has 0 saturated heterocycles. The highest BCUT2D eigenvalue weighted by atomic mass is 16.9. The van der Waals surface area contributed by atoms with Gasteiger partial charge in [-0.2, -0.15) is 0 Å². The van der Waals surface area contributed by atoms with Gasteiger partial charge in [-0.3, -0.25) is 4.79 Å². The summed E-state index contributed by atoms with van der Waals surface area (Å²) in [5.41, 5.74) is 2.72. The summed E-state index contributed by atoms with van der Waals surface area (Å²) in [7, 11) is 1.46. The number of carbonyl (C=O) groups is 1. The van der Waals surface area contributed by atoms with Gasteiger partial charge in [-0.1, -0.05) is 30.3 Å². The fraction of sp³-hybridized carbons (Fsp3) is 0.250. The van der Waals surface area contributed by atoms with Crippen LogP contribution in [0.1, 0.15) is 23.1 Å². The molecule has 0 spiro atoms. The smallest absolute Gasteiger partial charge is 0.294 e. The Morgan fingerprint density at radius 1 is 1.21 bits per heavy atom. The molecule has 1 amide bonds. The van der Waals surface area contributed by atoms with E-state index in [1.165, 1.54) is 19.3 Å². The highest BCUT2D eigenvalue weighted by molar-refractivity contribution is 5.91. The molecule has 2 aromatic rings. The van der Waals surface area contributed by atoms with Gasteiger partial charge in [0, 0.05) is 12.6 Å². The van der Waals surface area contributed by atoms with E-state index < -0.39 is 5.09 Å². The third-order valence-corrected chi connectivity index (χ3v) is 3.93. The van der Waals surface area contributed by atoms with E-state index in [1.807, 2.05) is 24.3 Å². The van der Waals surface area contributed by atoms with Gasteiger partial charge in [0.25, 0.3) is 5.09 Å². The molecule has 0 radical (unpaired) electrons. The SMILES string of the molecule is COc1cc(C=CC(=O)NCc2ccc(CCCO[N+](=O)[O-])cc2)ccc1O. The lowest BCUT2D eigenvalue weighted by molar-refractivity contribution is -0.757. The Labute approximate surface area is 162 Å². The minimum atomic E-state index is -0.793. The maximum absolute atomic E-state index is 12.0. The molecular weight excluding hydrogens is 364 g/mol. The molecule has 28 heavy (non-hydrogen) atoms. The Hall–Kier alpha value is -3.55. The Morgan fingerprint density at radius 3 is 2.61 bits per heavy atom. The summed E-state index contributed by atoms with van der Waals surface area (Å²) in [5.74, 6) is 0.137. The maximum Gasteiger partial charge on any atom is 0.294 e. The number of carbonyl (C=O) groups excluding carboxylic acids is 1. The van der Waals surface area contributed by atoms with Crippen molar-refractivity contribution in [3.05, 3.63) is 75.3 Å². The number of rotatable bonds is 10. The Bertz CT molecular complexity index is 833. The Balaban J connectivity index is 1.78. The topological polar surface area (TPSA) is 111 Å². The van der Waals surface area contributed by atoms with Crippen molar-refractivity contribution in [2.24, 2.45) is 0 Å². The molecular formula is C20H22N2O6. The monoisotopic (exact) mass is 386 g/mol. The highest BCUT2D eigenvalue weighted by Gasteiger charge is 2.02. The van der Waals surface area contributed by atoms with Gasteiger partial charge in [0.15, 0.2) is 11.5 Å². The number of hydrogen-bond donors (Lipinski definition) is 2. The first-order valence-electron chi connectivity index (χ1n) is 8.66. The van der Waals surface area contributed by atoms with Gasteiger partial charge < -0.3 is 20.0 Å². The summed E-state index contributed by atoms with van der Waals surface area (Å²) in [6.07, 6.45) is 4.28. The van der Waals surface area contributed by atoms with Gasteiger partial charge in [-0.15, -0.1) is 10.1 Å². The summed E-state index contributed by atoms with van der Waals surface area (Å²) in [6, 6.07) is 12.5. The van der Waals surface area contributed by atoms with Crippen LogP contribution in [0.2, 0.25) is 0 Å². The van der Waals surface area contributed by atoms with Crippen molar-refractivity contribution in [2.75, 3.05) is 13.7 Å². The van der Waals surface area contributed by atoms with Crippen molar-refractivity contribution in [2.45, 2.75) is 19.4 Å². The molecule has 0 fully saturated rings. The van der Waals surface area contributed by atoms with Crippen LogP contribution in [0.4, 0.5) is 0 Å². The van der Waals surface area contributed by atoms with Gasteiger partial charge in [0.1, 0.15) is 0 Å². The van der Waals surface area contributed by atoms with E-state index in [0.29, 0.717) is 25.1 Å². The summed E-state index contributed by atoms with van der Waals surface area (Å²) in [5, 5.41) is 21.6. The summed E-state index contributed by atoms with van der Waals surface area (Å²) in [4.78, 5) is 26.3. The fourth-order valence-corrected chi connectivity index (χ4v) is 2.46. The van der Waals surface area contributed by atoms with Crippen LogP contribution < -0.4 is 10.1 Å². The minimum Gasteiger partial charge on any atom is -0.504 e. The molecule has 0 aliphatic rings. The highest BCUT2D eigenvalue weighted by Crippen LogP contribution is 2.26. The number of amides is 1. The maximum atomic E-state index is 12.0. The van der Waals surface area contributed by atoms with Crippen LogP contribution in [0.5, 0.6) is 11.5 Å². The number of ether oxygens (including phenoxy) is 1. The van der Waals surface area contributed by atoms with Gasteiger partial charge in [-0.05, 0) is 47.7 Å². The molecule has 148 valence electrons. The normalized spacial score (nSPS) is 10.6. The number of aryl methyl sites for hydroxylation is 1. The third-order valence-electron chi connectivity index (χ3n) is 3.93. The second-order valence-corrected chi connectivity index (χ2v) is 5.96. The van der Waals surface area contributed by atoms with Crippen molar-refractivity contribution >= 4 is 12.0 Å². The molecule has 2 aromatic carbocycles. The van der Waals surface area contributed by atoms with E-state index in [2.05, 4.69) is 10.2 Å². The van der Waals surface area contributed by atoms with E-state index in [1.54, 1.807) is 18.2 Å². The largest absolute Gasteiger partial charge is 0.504 e. The molecule has 0 aromatic heterocycles. The van der Waals surface area contributed by atoms with Crippen molar-refractivity contribution in [3.8, 4) is 11.5 Å². The molecule has 8 heteroatoms. The number of aromatic hydroxyl groups is 1. The molecule has 0 aliphatic heterocycles. The number of benzene rings is 2. The number of nitrogens with one attached hydrogen (secondary N) is 1. The van der Waals surface area contributed by atoms with Gasteiger partial charge >= 0.3 is 0 Å². The van der Waals surface area contributed by atoms with E-state index in [4.69, 9.17) is 4.74 Å². The molecule has 0 atom stereocenters. The first-order valence-corrected chi connectivity index (χ1v) is 8.66. The number of hydrogen-bond acceptors (Lipinski definition) is 6. The standard InChI is InChI=1S/C20H22N2O6/c1-27-19-13-16(8-10-18(19)23)9-11-20(24)21-14-17-6-4-15(5-7-17)3-2-12-28-22(25)26/h4-11,13,23H,2-3,12,14H2,1H3,(H,21,24). The molecule has 8 nitrogen and oxygen atoms in total. The van der Waals surface area contributed by atoms with Crippen LogP contribution in [0, 0.1) is 10.1 Å². The molecule has 0 heterocycles. The summed E-state index contributed by atoms with van der Waals surface area (Å²) >= 11 is 0. The average Bonchev–Trinajstić information content (AvgIpc) is 2.69. The molecule has 0 saturated carbocycles. The number of nitrogens with zero attached hydrogens (tertiary/aromatic N) is 1. The first-order chi connectivity index (χ1) is 13.5. The van der Waals surface area contributed by atoms with Gasteiger partial charge in [-0.25, -0.2) is 0 Å². The molecule has 0 unspecified atom stereocenters. The van der Waals surface area contributed by atoms with Crippen LogP contribution in [0.3, 0.4) is 0 Å². The lowest BCUT2D eigenvalue weighted by atomic mass is 10.1. The van der Waals surface area contributed by atoms with Crippen molar-refractivity contribution in [1.29, 1.82) is 0 Å². The summed E-state index contributed by atoms with van der Waals surface area (Å²) in [6.45, 7) is 0.455. The van der Waals surface area contributed by atoms with Crippen LogP contribution in [0.25, 0.3) is 6.08 Å². The Morgan fingerprint density at radius 2 is 1.93 bits per heavy atom. The minimum absolute atomic E-state index is 0.0397. The number of phenols is 1. The lowest BCUT2D eigenvalue weighted by Gasteiger charge is -2.06. The fourth-order valence-electron chi connectivity index (χ4n) is 2.46. The predicted octanol–water partition coefficient (Wildman–Crippen LogP) is 2.87. The zero-order valence-corrected chi connectivity index (χ0v) is 15.5. The second-order valence-electron chi connectivity index (χ2n) is 5.96. The van der Waals surface area contributed by atoms with E-state index in [9.17, 15) is 20.0 Å². The first kappa shape index (κ1) is 20.8. The molecule has 2 N–H and O–H groups in total. The van der Waals surface area contributed by atoms with Crippen molar-refractivity contribution in [3.63, 3.8) is 0 Å². The number of methoxy groups -OCH3 is 1. The van der Waals surface area contributed by atoms with Crippen LogP contribution in [0.15, 0.2) is 48.5 Å². The second kappa shape index (κ2) is 10.6. The van der Waals surface area contributed by atoms with E-state index in [-0.39, 0.29) is 18.3 Å². The van der Waals surface area contributed by atoms with E-state index in [0.717, 1.165) is 16.7 Å². The molecule has 0 aliphatic carbocycles. The van der Waals surface area contributed by atoms with E-state index >= 15 is 0 Å². The summed E-state index contributed by atoms with van der Waals surface area (Å²) < 4.78 is 5.03. The van der Waals surface area contributed by atoms with Crippen LogP contribution >= 0.6 is 0 Å². The Kier molecular flexibility index (Phi) is 7.83. The van der Waals surface area contributed by atoms with Crippen LogP contribution in [-0.2, 0) is 22.6 Å². The third kappa shape index (κ3) is 6.99. The quantitative estimate of drug-likeness (QED) is 0.281. The number of phenolic OH excluding ortho intramolecular Hbond substituents is 1. The zero-order chi connectivity index (χ0) is 20.4. The van der Waals surface area contributed by atoms with Crippen molar-refractivity contribution < 1.29 is 24.6 Å². The zero-order valence-electron chi connectivity index (χ0n) is 15.5. The van der Waals surface area contributed by atoms with Gasteiger partial charge in [0.05, 0.1) is 13.7 Å². The van der Waals surface area contributed by atoms with Crippen molar-refractivity contribution in [1.82, 2.24) is 5.32 Å². The van der Waals surface area contributed by atoms with Crippen LogP contribution in [-0.4, -0.2) is 29.8 Å². The predicted molar refractivity (Wildman–Crippen MR) is 103 cm³/mol. The molecule has 0 bridgehead atoms.